The Labute approximate surface area is 256 Å². The highest BCUT2D eigenvalue weighted by Crippen LogP contribution is 2.41. The molecule has 208 valence electrons. The maximum atomic E-state index is 7.10. The Kier molecular flexibility index (Phi) is 5.04. The molecule has 0 radical (unpaired) electrons. The zero-order valence-electron chi connectivity index (χ0n) is 24.2. The molecule has 0 fully saturated rings. The molecule has 2 aliphatic heterocycles. The van der Waals surface area contributed by atoms with Gasteiger partial charge in [0.1, 0.15) is 23.0 Å². The molecule has 0 spiro atoms. The average molecular weight is 565 g/mol. The van der Waals surface area contributed by atoms with Crippen molar-refractivity contribution < 1.29 is 9.47 Å². The van der Waals surface area contributed by atoms with Gasteiger partial charge in [0.05, 0.1) is 16.7 Å². The summed E-state index contributed by atoms with van der Waals surface area (Å²) in [4.78, 5) is 0. The van der Waals surface area contributed by atoms with Gasteiger partial charge in [0.25, 0.3) is 6.71 Å². The normalized spacial score (nSPS) is 14.3. The van der Waals surface area contributed by atoms with E-state index in [1.54, 1.807) is 0 Å². The van der Waals surface area contributed by atoms with Crippen LogP contribution in [0.2, 0.25) is 0 Å². The van der Waals surface area contributed by atoms with Crippen molar-refractivity contribution in [3.63, 3.8) is 0 Å². The van der Waals surface area contributed by atoms with Gasteiger partial charge in [0.15, 0.2) is 0 Å². The number of para-hydroxylation sites is 3. The molecule has 6 aliphatic rings. The third kappa shape index (κ3) is 3.45. The fourth-order valence-corrected chi connectivity index (χ4v) is 7.83. The molecule has 0 atom stereocenters. The number of rotatable bonds is 1. The van der Waals surface area contributed by atoms with Gasteiger partial charge in [0.2, 0.25) is 0 Å². The first-order valence-corrected chi connectivity index (χ1v) is 15.6. The van der Waals surface area contributed by atoms with Crippen LogP contribution in [-0.2, 0) is 25.7 Å². The van der Waals surface area contributed by atoms with Crippen molar-refractivity contribution in [1.29, 1.82) is 0 Å². The van der Waals surface area contributed by atoms with Gasteiger partial charge in [-0.15, -0.1) is 0 Å². The molecule has 0 unspecified atom stereocenters. The molecule has 4 bridgehead atoms. The average Bonchev–Trinajstić information content (AvgIpc) is 3.40. The van der Waals surface area contributed by atoms with E-state index in [0.29, 0.717) is 0 Å². The first-order valence-electron chi connectivity index (χ1n) is 15.6. The molecule has 13 rings (SSSR count). The largest absolute Gasteiger partial charge is 0.458 e. The van der Waals surface area contributed by atoms with Crippen LogP contribution in [0.25, 0.3) is 27.5 Å². The second-order valence-electron chi connectivity index (χ2n) is 12.3. The van der Waals surface area contributed by atoms with Gasteiger partial charge < -0.3 is 14.0 Å². The lowest BCUT2D eigenvalue weighted by molar-refractivity contribution is 0.460. The summed E-state index contributed by atoms with van der Waals surface area (Å²) in [6.07, 6.45) is 3.89. The lowest BCUT2D eigenvalue weighted by Gasteiger charge is -2.35. The van der Waals surface area contributed by atoms with E-state index in [1.165, 1.54) is 55.0 Å². The van der Waals surface area contributed by atoms with Crippen molar-refractivity contribution in [3.8, 4) is 28.7 Å². The highest BCUT2D eigenvalue weighted by molar-refractivity contribution is 6.98. The molecule has 4 aliphatic carbocycles. The van der Waals surface area contributed by atoms with Crippen LogP contribution >= 0.6 is 0 Å². The van der Waals surface area contributed by atoms with E-state index in [2.05, 4.69) is 126 Å². The number of aryl methyl sites for hydroxylation is 4. The third-order valence-electron chi connectivity index (χ3n) is 9.92. The van der Waals surface area contributed by atoms with Crippen LogP contribution in [0.4, 0.5) is 0 Å². The van der Waals surface area contributed by atoms with E-state index in [4.69, 9.17) is 9.47 Å². The van der Waals surface area contributed by atoms with E-state index < -0.39 is 0 Å². The Bertz CT molecular complexity index is 2250. The number of ether oxygens (including phenoxy) is 2. The second kappa shape index (κ2) is 9.14. The van der Waals surface area contributed by atoms with Crippen LogP contribution in [0.1, 0.15) is 22.3 Å². The molecule has 3 heterocycles. The monoisotopic (exact) mass is 565 g/mol. The summed E-state index contributed by atoms with van der Waals surface area (Å²) >= 11 is 0. The van der Waals surface area contributed by atoms with Crippen LogP contribution in [0, 0.1) is 0 Å². The van der Waals surface area contributed by atoms with Gasteiger partial charge in [-0.2, -0.15) is 0 Å². The van der Waals surface area contributed by atoms with Gasteiger partial charge in [-0.25, -0.2) is 0 Å². The van der Waals surface area contributed by atoms with Gasteiger partial charge in [0, 0.05) is 28.4 Å². The van der Waals surface area contributed by atoms with Gasteiger partial charge >= 0.3 is 0 Å². The number of benzene rings is 6. The van der Waals surface area contributed by atoms with Gasteiger partial charge in [-0.1, -0.05) is 91.0 Å². The van der Waals surface area contributed by atoms with Gasteiger partial charge in [-0.05, 0) is 77.1 Å². The maximum Gasteiger partial charge on any atom is 0.261 e. The second-order valence-corrected chi connectivity index (χ2v) is 12.3. The van der Waals surface area contributed by atoms with Gasteiger partial charge in [-0.3, -0.25) is 0 Å². The van der Waals surface area contributed by atoms with E-state index >= 15 is 0 Å². The highest BCUT2D eigenvalue weighted by atomic mass is 16.5. The lowest BCUT2D eigenvalue weighted by Crippen LogP contribution is -2.58. The topological polar surface area (TPSA) is 23.4 Å². The molecule has 0 saturated heterocycles. The Morgan fingerprint density at radius 3 is 1.82 bits per heavy atom. The predicted molar refractivity (Wildman–Crippen MR) is 180 cm³/mol. The molecular formula is C40H28BNO2. The van der Waals surface area contributed by atoms with Crippen molar-refractivity contribution >= 4 is 44.9 Å². The fraction of sp³-hybridized carbons (Fsp3) is 0.100. The van der Waals surface area contributed by atoms with Crippen molar-refractivity contribution in [2.45, 2.75) is 25.7 Å². The number of hydrogen-bond donors (Lipinski definition) is 0. The molecule has 6 aromatic carbocycles. The zero-order chi connectivity index (χ0) is 28.8. The number of fused-ring (bicyclic) bond motifs is 5. The van der Waals surface area contributed by atoms with E-state index in [9.17, 15) is 0 Å². The van der Waals surface area contributed by atoms with Crippen molar-refractivity contribution in [2.75, 3.05) is 0 Å². The number of hydrogen-bond acceptors (Lipinski definition) is 2. The van der Waals surface area contributed by atoms with Crippen molar-refractivity contribution in [3.05, 3.63) is 144 Å². The van der Waals surface area contributed by atoms with Crippen LogP contribution in [0.15, 0.2) is 121 Å². The SMILES string of the molecule is c1ccc2c(c1)Oc1cc(-n3c4ccccc4c4ccccc43)cc3c1B2c1c2ccc(c1O3)CCc1ccc(cc1)CC2. The maximum absolute atomic E-state index is 7.10. The first kappa shape index (κ1) is 24.3. The molecule has 3 nitrogen and oxygen atoms in total. The molecule has 0 saturated carbocycles. The lowest BCUT2D eigenvalue weighted by atomic mass is 9.34. The molecule has 0 amide bonds. The molecular weight excluding hydrogens is 537 g/mol. The summed E-state index contributed by atoms with van der Waals surface area (Å²) in [6.45, 7) is 0.0553. The van der Waals surface area contributed by atoms with Crippen LogP contribution < -0.4 is 25.9 Å². The molecule has 0 N–H and O–H groups in total. The molecule has 7 aromatic rings. The summed E-state index contributed by atoms with van der Waals surface area (Å²) in [6, 6.07) is 44.2. The van der Waals surface area contributed by atoms with Crippen LogP contribution in [0.3, 0.4) is 0 Å². The van der Waals surface area contributed by atoms with E-state index in [0.717, 1.165) is 59.8 Å². The van der Waals surface area contributed by atoms with Crippen LogP contribution in [-0.4, -0.2) is 11.3 Å². The minimum absolute atomic E-state index is 0.0553. The van der Waals surface area contributed by atoms with Crippen molar-refractivity contribution in [1.82, 2.24) is 4.57 Å². The Hall–Kier alpha value is -5.22. The third-order valence-corrected chi connectivity index (χ3v) is 9.92. The van der Waals surface area contributed by atoms with E-state index in [-0.39, 0.29) is 6.71 Å². The van der Waals surface area contributed by atoms with Crippen LogP contribution in [0.5, 0.6) is 23.0 Å². The number of nitrogens with zero attached hydrogens (tertiary/aromatic N) is 1. The molecule has 1 aromatic heterocycles. The highest BCUT2D eigenvalue weighted by Gasteiger charge is 2.42. The molecule has 4 heteroatoms. The summed E-state index contributed by atoms with van der Waals surface area (Å²) in [7, 11) is 0. The Balaban J connectivity index is 1.23. The Morgan fingerprint density at radius 1 is 0.500 bits per heavy atom. The van der Waals surface area contributed by atoms with Crippen molar-refractivity contribution in [2.24, 2.45) is 0 Å². The summed E-state index contributed by atoms with van der Waals surface area (Å²) < 4.78 is 16.2. The molecule has 44 heavy (non-hydrogen) atoms. The zero-order valence-corrected chi connectivity index (χ0v) is 24.2. The van der Waals surface area contributed by atoms with E-state index in [1.807, 2.05) is 0 Å². The number of aromatic nitrogens is 1. The first-order chi connectivity index (χ1) is 21.8. The summed E-state index contributed by atoms with van der Waals surface area (Å²) in [5.74, 6) is 3.73. The summed E-state index contributed by atoms with van der Waals surface area (Å²) in [5, 5.41) is 2.48. The summed E-state index contributed by atoms with van der Waals surface area (Å²) in [5.41, 5.74) is 12.4. The Morgan fingerprint density at radius 2 is 1.09 bits per heavy atom. The predicted octanol–water partition coefficient (Wildman–Crippen LogP) is 7.40. The fourth-order valence-electron chi connectivity index (χ4n) is 7.83. The minimum atomic E-state index is 0.0553. The smallest absolute Gasteiger partial charge is 0.261 e. The minimum Gasteiger partial charge on any atom is -0.458 e. The standard InChI is InChI=1S/C40H28BNO2/c1-4-10-33-30(7-1)31-8-2-5-11-34(31)42(33)29-23-36-39-37(24-29)44-40-28-20-18-26-15-13-25(14-16-26)17-19-27(21-22-28)38(40)41(39)32-9-3-6-12-35(32)43-36/h1-16,21-24H,17-20H2. The quantitative estimate of drug-likeness (QED) is 0.194.